The topological polar surface area (TPSA) is 111 Å². The lowest BCUT2D eigenvalue weighted by Gasteiger charge is -2.13. The van der Waals surface area contributed by atoms with E-state index in [1.54, 1.807) is 13.0 Å². The Labute approximate surface area is 126 Å². The van der Waals surface area contributed by atoms with Crippen LogP contribution in [0.3, 0.4) is 0 Å². The number of hydrogen-bond donors (Lipinski definition) is 3. The van der Waals surface area contributed by atoms with Crippen LogP contribution in [0.25, 0.3) is 0 Å². The molecule has 0 saturated carbocycles. The molecular formula is C14H15FN4O3. The van der Waals surface area contributed by atoms with Gasteiger partial charge in [-0.15, -0.1) is 0 Å². The summed E-state index contributed by atoms with van der Waals surface area (Å²) in [5.41, 5.74) is -0.155. The number of carbonyl (C=O) groups is 3. The molecule has 3 N–H and O–H groups in total. The van der Waals surface area contributed by atoms with E-state index < -0.39 is 29.6 Å². The quantitative estimate of drug-likeness (QED) is 0.694. The maximum absolute atomic E-state index is 13.1. The number of rotatable bonds is 4. The molecule has 7 nitrogen and oxygen atoms in total. The molecule has 116 valence electrons. The van der Waals surface area contributed by atoms with Gasteiger partial charge >= 0.3 is 11.8 Å². The molecule has 0 aliphatic rings. The molecule has 0 fully saturated rings. The highest BCUT2D eigenvalue weighted by atomic mass is 19.1. The SMILES string of the molecule is CCNC(=O)[C@@H](C)NC(=O)C(=O)Nc1ccc(F)c(C#N)c1. The van der Waals surface area contributed by atoms with Gasteiger partial charge in [0.25, 0.3) is 0 Å². The summed E-state index contributed by atoms with van der Waals surface area (Å²) >= 11 is 0. The fourth-order valence-corrected chi connectivity index (χ4v) is 1.53. The zero-order valence-electron chi connectivity index (χ0n) is 12.1. The molecular weight excluding hydrogens is 291 g/mol. The van der Waals surface area contributed by atoms with Gasteiger partial charge in [-0.3, -0.25) is 14.4 Å². The molecule has 0 radical (unpaired) electrons. The van der Waals surface area contributed by atoms with Crippen molar-refractivity contribution in [1.29, 1.82) is 5.26 Å². The Kier molecular flexibility index (Phi) is 6.01. The smallest absolute Gasteiger partial charge is 0.313 e. The van der Waals surface area contributed by atoms with Crippen molar-refractivity contribution in [2.45, 2.75) is 19.9 Å². The van der Waals surface area contributed by atoms with Crippen molar-refractivity contribution >= 4 is 23.4 Å². The molecule has 0 unspecified atom stereocenters. The number of hydrogen-bond acceptors (Lipinski definition) is 4. The minimum Gasteiger partial charge on any atom is -0.355 e. The van der Waals surface area contributed by atoms with Gasteiger partial charge in [-0.05, 0) is 32.0 Å². The van der Waals surface area contributed by atoms with Crippen LogP contribution in [0.4, 0.5) is 10.1 Å². The molecule has 1 rings (SSSR count). The van der Waals surface area contributed by atoms with Crippen LogP contribution in [0.15, 0.2) is 18.2 Å². The fourth-order valence-electron chi connectivity index (χ4n) is 1.53. The zero-order valence-corrected chi connectivity index (χ0v) is 12.1. The van der Waals surface area contributed by atoms with Crippen LogP contribution < -0.4 is 16.0 Å². The summed E-state index contributed by atoms with van der Waals surface area (Å²) in [6.45, 7) is 3.56. The standard InChI is InChI=1S/C14H15FN4O3/c1-3-17-12(20)8(2)18-13(21)14(22)19-10-4-5-11(15)9(6-10)7-16/h4-6,8H,3H2,1-2H3,(H,17,20)(H,18,21)(H,19,22)/t8-/m1/s1. The van der Waals surface area contributed by atoms with E-state index in [4.69, 9.17) is 5.26 Å². The number of carbonyl (C=O) groups excluding carboxylic acids is 3. The number of nitriles is 1. The van der Waals surface area contributed by atoms with Crippen molar-refractivity contribution in [1.82, 2.24) is 10.6 Å². The Hall–Kier alpha value is -2.95. The first-order valence-electron chi connectivity index (χ1n) is 6.48. The second kappa shape index (κ2) is 7.73. The number of halogens is 1. The lowest BCUT2D eigenvalue weighted by Crippen LogP contribution is -2.48. The molecule has 8 heteroatoms. The van der Waals surface area contributed by atoms with Crippen molar-refractivity contribution in [3.8, 4) is 6.07 Å². The Bertz CT molecular complexity index is 639. The Morgan fingerprint density at radius 1 is 1.32 bits per heavy atom. The van der Waals surface area contributed by atoms with E-state index >= 15 is 0 Å². The highest BCUT2D eigenvalue weighted by molar-refractivity contribution is 6.40. The largest absolute Gasteiger partial charge is 0.355 e. The van der Waals surface area contributed by atoms with Gasteiger partial charge in [-0.2, -0.15) is 5.26 Å². The van der Waals surface area contributed by atoms with Crippen molar-refractivity contribution < 1.29 is 18.8 Å². The fraction of sp³-hybridized carbons (Fsp3) is 0.286. The van der Waals surface area contributed by atoms with Gasteiger partial charge in [0.2, 0.25) is 5.91 Å². The third kappa shape index (κ3) is 4.56. The Morgan fingerprint density at radius 3 is 2.59 bits per heavy atom. The summed E-state index contributed by atoms with van der Waals surface area (Å²) in [5, 5.41) is 15.6. The van der Waals surface area contributed by atoms with Crippen molar-refractivity contribution in [2.75, 3.05) is 11.9 Å². The van der Waals surface area contributed by atoms with Crippen LogP contribution in [0, 0.1) is 17.1 Å². The molecule has 1 aromatic rings. The first kappa shape index (κ1) is 17.1. The van der Waals surface area contributed by atoms with Gasteiger partial charge in [-0.25, -0.2) is 4.39 Å². The highest BCUT2D eigenvalue weighted by Crippen LogP contribution is 2.13. The van der Waals surface area contributed by atoms with Gasteiger partial charge in [-0.1, -0.05) is 0 Å². The average molecular weight is 306 g/mol. The van der Waals surface area contributed by atoms with Crippen molar-refractivity contribution in [3.05, 3.63) is 29.6 Å². The number of nitrogens with zero attached hydrogens (tertiary/aromatic N) is 1. The number of amides is 3. The van der Waals surface area contributed by atoms with E-state index in [2.05, 4.69) is 16.0 Å². The van der Waals surface area contributed by atoms with Crippen molar-refractivity contribution in [2.24, 2.45) is 0 Å². The maximum Gasteiger partial charge on any atom is 0.313 e. The number of benzene rings is 1. The molecule has 0 saturated heterocycles. The van der Waals surface area contributed by atoms with E-state index in [1.807, 2.05) is 0 Å². The van der Waals surface area contributed by atoms with E-state index in [0.717, 1.165) is 12.1 Å². The highest BCUT2D eigenvalue weighted by Gasteiger charge is 2.20. The molecule has 0 heterocycles. The summed E-state index contributed by atoms with van der Waals surface area (Å²) in [6.07, 6.45) is 0. The second-order valence-corrected chi connectivity index (χ2v) is 4.35. The summed E-state index contributed by atoms with van der Waals surface area (Å²) in [5.74, 6) is -3.18. The van der Waals surface area contributed by atoms with Gasteiger partial charge < -0.3 is 16.0 Å². The molecule has 0 aliphatic carbocycles. The molecule has 0 aliphatic heterocycles. The molecule has 1 aromatic carbocycles. The van der Waals surface area contributed by atoms with Gasteiger partial charge in [0.15, 0.2) is 0 Å². The summed E-state index contributed by atoms with van der Waals surface area (Å²) in [4.78, 5) is 34.8. The van der Waals surface area contributed by atoms with Crippen molar-refractivity contribution in [3.63, 3.8) is 0 Å². The number of nitrogens with one attached hydrogen (secondary N) is 3. The van der Waals surface area contributed by atoms with Crippen LogP contribution in [0.2, 0.25) is 0 Å². The molecule has 0 aromatic heterocycles. The second-order valence-electron chi connectivity index (χ2n) is 4.35. The third-order valence-corrected chi connectivity index (χ3v) is 2.64. The first-order chi connectivity index (χ1) is 10.4. The van der Waals surface area contributed by atoms with E-state index in [0.29, 0.717) is 6.54 Å². The molecule has 3 amide bonds. The zero-order chi connectivity index (χ0) is 16.7. The van der Waals surface area contributed by atoms with Gasteiger partial charge in [0.1, 0.15) is 17.9 Å². The number of anilines is 1. The minimum absolute atomic E-state index is 0.101. The van der Waals surface area contributed by atoms with Crippen LogP contribution in [0.1, 0.15) is 19.4 Å². The van der Waals surface area contributed by atoms with Crippen LogP contribution in [0.5, 0.6) is 0 Å². The summed E-state index contributed by atoms with van der Waals surface area (Å²) in [6, 6.07) is 4.07. The average Bonchev–Trinajstić information content (AvgIpc) is 2.49. The minimum atomic E-state index is -1.02. The summed E-state index contributed by atoms with van der Waals surface area (Å²) < 4.78 is 13.1. The van der Waals surface area contributed by atoms with Crippen LogP contribution in [-0.4, -0.2) is 30.3 Å². The lowest BCUT2D eigenvalue weighted by molar-refractivity contribution is -0.137. The third-order valence-electron chi connectivity index (χ3n) is 2.64. The lowest BCUT2D eigenvalue weighted by atomic mass is 10.2. The predicted molar refractivity (Wildman–Crippen MR) is 76.0 cm³/mol. The first-order valence-corrected chi connectivity index (χ1v) is 6.48. The molecule has 0 bridgehead atoms. The monoisotopic (exact) mass is 306 g/mol. The normalized spacial score (nSPS) is 11.0. The number of likely N-dealkylation sites (N-methyl/N-ethyl adjacent to an activating group) is 1. The van der Waals surface area contributed by atoms with Gasteiger partial charge in [0.05, 0.1) is 5.56 Å². The van der Waals surface area contributed by atoms with Crippen LogP contribution >= 0.6 is 0 Å². The van der Waals surface area contributed by atoms with Gasteiger partial charge in [0, 0.05) is 12.2 Å². The maximum atomic E-state index is 13.1. The van der Waals surface area contributed by atoms with E-state index in [9.17, 15) is 18.8 Å². The van der Waals surface area contributed by atoms with E-state index in [-0.39, 0.29) is 11.3 Å². The predicted octanol–water partition coefficient (Wildman–Crippen LogP) is 0.277. The van der Waals surface area contributed by atoms with E-state index in [1.165, 1.54) is 13.0 Å². The molecule has 1 atom stereocenters. The molecule has 22 heavy (non-hydrogen) atoms. The Balaban J connectivity index is 2.67. The Morgan fingerprint density at radius 2 is 2.00 bits per heavy atom. The van der Waals surface area contributed by atoms with Crippen LogP contribution in [-0.2, 0) is 14.4 Å². The molecule has 0 spiro atoms. The summed E-state index contributed by atoms with van der Waals surface area (Å²) in [7, 11) is 0.